The SMILES string of the molecule is CN(C)CCNC(=O)C(Cc1ccccc1)NC(=O)C1CC(c2ccc(F)cc2)=NO1. The van der Waals surface area contributed by atoms with Crippen LogP contribution in [0.3, 0.4) is 0 Å². The molecule has 0 radical (unpaired) electrons. The summed E-state index contributed by atoms with van der Waals surface area (Å²) in [5.41, 5.74) is 2.19. The molecule has 1 heterocycles. The first kappa shape index (κ1) is 22.4. The van der Waals surface area contributed by atoms with E-state index in [4.69, 9.17) is 4.84 Å². The summed E-state index contributed by atoms with van der Waals surface area (Å²) in [7, 11) is 3.84. The lowest BCUT2D eigenvalue weighted by atomic mass is 10.0. The Morgan fingerprint density at radius 1 is 1.16 bits per heavy atom. The quantitative estimate of drug-likeness (QED) is 0.640. The van der Waals surface area contributed by atoms with Gasteiger partial charge in [-0.3, -0.25) is 9.59 Å². The van der Waals surface area contributed by atoms with E-state index in [2.05, 4.69) is 15.8 Å². The van der Waals surface area contributed by atoms with Gasteiger partial charge in [-0.15, -0.1) is 0 Å². The van der Waals surface area contributed by atoms with Crippen LogP contribution < -0.4 is 10.6 Å². The van der Waals surface area contributed by atoms with Gasteiger partial charge in [-0.1, -0.05) is 47.6 Å². The Kier molecular flexibility index (Phi) is 7.72. The minimum atomic E-state index is -0.840. The van der Waals surface area contributed by atoms with Crippen molar-refractivity contribution in [3.8, 4) is 0 Å². The van der Waals surface area contributed by atoms with Crippen LogP contribution in [0.15, 0.2) is 59.8 Å². The van der Waals surface area contributed by atoms with Crippen molar-refractivity contribution in [2.45, 2.75) is 25.0 Å². The normalized spacial score (nSPS) is 16.4. The number of nitrogens with zero attached hydrogens (tertiary/aromatic N) is 2. The molecule has 1 aliphatic heterocycles. The summed E-state index contributed by atoms with van der Waals surface area (Å²) in [6, 6.07) is 14.6. The molecule has 0 saturated carbocycles. The van der Waals surface area contributed by atoms with Gasteiger partial charge < -0.3 is 20.4 Å². The third-order valence-corrected chi connectivity index (χ3v) is 4.91. The van der Waals surface area contributed by atoms with E-state index in [1.807, 2.05) is 49.3 Å². The van der Waals surface area contributed by atoms with Gasteiger partial charge >= 0.3 is 0 Å². The summed E-state index contributed by atoms with van der Waals surface area (Å²) in [5, 5.41) is 9.64. The molecule has 2 N–H and O–H groups in total. The van der Waals surface area contributed by atoms with E-state index < -0.39 is 18.1 Å². The second-order valence-corrected chi connectivity index (χ2v) is 7.69. The predicted molar refractivity (Wildman–Crippen MR) is 116 cm³/mol. The lowest BCUT2D eigenvalue weighted by Crippen LogP contribution is -2.51. The molecule has 0 aromatic heterocycles. The van der Waals surface area contributed by atoms with Gasteiger partial charge in [-0.05, 0) is 37.4 Å². The number of carbonyl (C=O) groups is 2. The van der Waals surface area contributed by atoms with Gasteiger partial charge in [0.25, 0.3) is 5.91 Å². The van der Waals surface area contributed by atoms with Crippen LogP contribution in [0.2, 0.25) is 0 Å². The summed E-state index contributed by atoms with van der Waals surface area (Å²) < 4.78 is 13.1. The Hall–Kier alpha value is -3.26. The largest absolute Gasteiger partial charge is 0.382 e. The zero-order chi connectivity index (χ0) is 22.2. The Labute approximate surface area is 181 Å². The Morgan fingerprint density at radius 2 is 1.87 bits per heavy atom. The average molecular weight is 426 g/mol. The van der Waals surface area contributed by atoms with Crippen molar-refractivity contribution in [3.05, 3.63) is 71.5 Å². The number of carbonyl (C=O) groups excluding carboxylic acids is 2. The van der Waals surface area contributed by atoms with E-state index in [1.54, 1.807) is 12.1 Å². The molecule has 0 fully saturated rings. The number of nitrogens with one attached hydrogen (secondary N) is 2. The zero-order valence-electron chi connectivity index (χ0n) is 17.7. The fourth-order valence-corrected chi connectivity index (χ4v) is 3.18. The van der Waals surface area contributed by atoms with Crippen LogP contribution in [-0.2, 0) is 20.8 Å². The Bertz CT molecular complexity index is 916. The number of oxime groups is 1. The molecule has 1 aliphatic rings. The first-order chi connectivity index (χ1) is 14.9. The fraction of sp³-hybridized carbons (Fsp3) is 0.348. The highest BCUT2D eigenvalue weighted by Crippen LogP contribution is 2.17. The number of hydrogen-bond acceptors (Lipinski definition) is 5. The van der Waals surface area contributed by atoms with Crippen LogP contribution in [0.25, 0.3) is 0 Å². The fourth-order valence-electron chi connectivity index (χ4n) is 3.18. The molecule has 0 spiro atoms. The van der Waals surface area contributed by atoms with Crippen molar-refractivity contribution in [1.29, 1.82) is 0 Å². The molecule has 0 bridgehead atoms. The summed E-state index contributed by atoms with van der Waals surface area (Å²) in [6.45, 7) is 1.17. The Morgan fingerprint density at radius 3 is 2.55 bits per heavy atom. The second-order valence-electron chi connectivity index (χ2n) is 7.69. The van der Waals surface area contributed by atoms with Crippen LogP contribution in [0.1, 0.15) is 17.5 Å². The van der Waals surface area contributed by atoms with Crippen LogP contribution in [-0.4, -0.2) is 61.8 Å². The van der Waals surface area contributed by atoms with Crippen molar-refractivity contribution in [3.63, 3.8) is 0 Å². The summed E-state index contributed by atoms with van der Waals surface area (Å²) in [5.74, 6) is -1.01. The minimum absolute atomic E-state index is 0.248. The molecule has 3 rings (SSSR count). The van der Waals surface area contributed by atoms with Crippen LogP contribution in [0, 0.1) is 5.82 Å². The number of hydrogen-bond donors (Lipinski definition) is 2. The number of rotatable bonds is 9. The lowest BCUT2D eigenvalue weighted by molar-refractivity contribution is -0.135. The maximum Gasteiger partial charge on any atom is 0.265 e. The number of halogens is 1. The highest BCUT2D eigenvalue weighted by atomic mass is 19.1. The molecule has 0 saturated heterocycles. The maximum absolute atomic E-state index is 13.1. The molecule has 8 heteroatoms. The maximum atomic E-state index is 13.1. The van der Waals surface area contributed by atoms with Crippen LogP contribution in [0.4, 0.5) is 4.39 Å². The van der Waals surface area contributed by atoms with E-state index in [0.29, 0.717) is 30.8 Å². The molecule has 2 atom stereocenters. The second kappa shape index (κ2) is 10.7. The first-order valence-electron chi connectivity index (χ1n) is 10.2. The number of likely N-dealkylation sites (N-methyl/N-ethyl adjacent to an activating group) is 1. The third kappa shape index (κ3) is 6.62. The van der Waals surface area contributed by atoms with Gasteiger partial charge in [0.15, 0.2) is 0 Å². The van der Waals surface area contributed by atoms with Gasteiger partial charge in [0, 0.05) is 25.9 Å². The summed E-state index contributed by atoms with van der Waals surface area (Å²) >= 11 is 0. The molecule has 2 aromatic carbocycles. The predicted octanol–water partition coefficient (Wildman–Crippen LogP) is 1.72. The standard InChI is InChI=1S/C23H27FN4O3/c1-28(2)13-12-25-22(29)20(14-16-6-4-3-5-7-16)26-23(30)21-15-19(27-31-21)17-8-10-18(24)11-9-17/h3-11,20-21H,12-15H2,1-2H3,(H,25,29)(H,26,30). The Balaban J connectivity index is 1.62. The highest BCUT2D eigenvalue weighted by molar-refractivity contribution is 6.04. The van der Waals surface area contributed by atoms with Crippen molar-refractivity contribution in [2.75, 3.05) is 27.2 Å². The van der Waals surface area contributed by atoms with Gasteiger partial charge in [-0.2, -0.15) is 0 Å². The first-order valence-corrected chi connectivity index (χ1v) is 10.2. The molecular weight excluding hydrogens is 399 g/mol. The van der Waals surface area contributed by atoms with Gasteiger partial charge in [0.1, 0.15) is 11.9 Å². The van der Waals surface area contributed by atoms with E-state index in [0.717, 1.165) is 5.56 Å². The van der Waals surface area contributed by atoms with Crippen molar-refractivity contribution in [1.82, 2.24) is 15.5 Å². The van der Waals surface area contributed by atoms with E-state index in [-0.39, 0.29) is 18.1 Å². The summed E-state index contributed by atoms with van der Waals surface area (Å²) in [6.07, 6.45) is -0.232. The zero-order valence-corrected chi connectivity index (χ0v) is 17.7. The molecule has 31 heavy (non-hydrogen) atoms. The molecule has 164 valence electrons. The molecule has 2 unspecified atom stereocenters. The highest BCUT2D eigenvalue weighted by Gasteiger charge is 2.32. The smallest absolute Gasteiger partial charge is 0.265 e. The van der Waals surface area contributed by atoms with Gasteiger partial charge in [-0.25, -0.2) is 4.39 Å². The van der Waals surface area contributed by atoms with Crippen molar-refractivity contribution in [2.24, 2.45) is 5.16 Å². The van der Waals surface area contributed by atoms with Crippen LogP contribution >= 0.6 is 0 Å². The molecule has 0 aliphatic carbocycles. The number of benzene rings is 2. The molecular formula is C23H27FN4O3. The topological polar surface area (TPSA) is 83.0 Å². The third-order valence-electron chi connectivity index (χ3n) is 4.91. The molecule has 2 aromatic rings. The van der Waals surface area contributed by atoms with E-state index in [1.165, 1.54) is 12.1 Å². The lowest BCUT2D eigenvalue weighted by Gasteiger charge is -2.20. The van der Waals surface area contributed by atoms with E-state index >= 15 is 0 Å². The minimum Gasteiger partial charge on any atom is -0.382 e. The van der Waals surface area contributed by atoms with E-state index in [9.17, 15) is 14.0 Å². The van der Waals surface area contributed by atoms with Gasteiger partial charge in [0.05, 0.1) is 5.71 Å². The molecule has 2 amide bonds. The average Bonchev–Trinajstić information content (AvgIpc) is 3.24. The number of amides is 2. The van der Waals surface area contributed by atoms with Crippen molar-refractivity contribution < 1.29 is 18.8 Å². The van der Waals surface area contributed by atoms with Gasteiger partial charge in [0.2, 0.25) is 12.0 Å². The monoisotopic (exact) mass is 426 g/mol. The summed E-state index contributed by atoms with van der Waals surface area (Å²) in [4.78, 5) is 32.8. The van der Waals surface area contributed by atoms with Crippen molar-refractivity contribution >= 4 is 17.5 Å². The molecule has 7 nitrogen and oxygen atoms in total. The van der Waals surface area contributed by atoms with Crippen LogP contribution in [0.5, 0.6) is 0 Å².